The Kier molecular flexibility index (Phi) is 5.17. The number of pyridine rings is 1. The van der Waals surface area contributed by atoms with Gasteiger partial charge in [0.15, 0.2) is 11.4 Å². The number of hydrogen-bond donors (Lipinski definition) is 1. The lowest BCUT2D eigenvalue weighted by Gasteiger charge is -2.30. The van der Waals surface area contributed by atoms with Gasteiger partial charge in [-0.2, -0.15) is 0 Å². The Labute approximate surface area is 119 Å². The molecule has 6 nitrogen and oxygen atoms in total. The van der Waals surface area contributed by atoms with Gasteiger partial charge in [0.1, 0.15) is 0 Å². The van der Waals surface area contributed by atoms with Crippen LogP contribution in [0.2, 0.25) is 0 Å². The number of nitrogens with one attached hydrogen (secondary N) is 1. The predicted molar refractivity (Wildman–Crippen MR) is 76.4 cm³/mol. The van der Waals surface area contributed by atoms with Crippen molar-refractivity contribution in [2.75, 3.05) is 44.9 Å². The molecule has 20 heavy (non-hydrogen) atoms. The van der Waals surface area contributed by atoms with Crippen molar-refractivity contribution in [1.29, 1.82) is 0 Å². The summed E-state index contributed by atoms with van der Waals surface area (Å²) in [7, 11) is 1.59. The Morgan fingerprint density at radius 3 is 2.90 bits per heavy atom. The van der Waals surface area contributed by atoms with Gasteiger partial charge < -0.3 is 19.7 Å². The van der Waals surface area contributed by atoms with E-state index in [9.17, 15) is 4.79 Å². The number of aromatic nitrogens is 1. The third-order valence-corrected chi connectivity index (χ3v) is 3.13. The number of ether oxygens (including phenoxy) is 2. The molecule has 1 saturated heterocycles. The van der Waals surface area contributed by atoms with E-state index in [1.807, 2.05) is 13.0 Å². The van der Waals surface area contributed by atoms with Gasteiger partial charge in [-0.1, -0.05) is 6.92 Å². The third kappa shape index (κ3) is 3.19. The summed E-state index contributed by atoms with van der Waals surface area (Å²) in [6.45, 7) is 5.55. The highest BCUT2D eigenvalue weighted by Gasteiger charge is 2.22. The Morgan fingerprint density at radius 1 is 1.50 bits per heavy atom. The van der Waals surface area contributed by atoms with Gasteiger partial charge in [-0.15, -0.1) is 0 Å². The molecule has 0 saturated carbocycles. The second kappa shape index (κ2) is 7.09. The molecule has 110 valence electrons. The minimum atomic E-state index is -0.230. The van der Waals surface area contributed by atoms with Gasteiger partial charge in [0.2, 0.25) is 0 Å². The number of anilines is 1. The van der Waals surface area contributed by atoms with Gasteiger partial charge in [0.25, 0.3) is 5.91 Å². The highest BCUT2D eigenvalue weighted by Crippen LogP contribution is 2.31. The van der Waals surface area contributed by atoms with Crippen molar-refractivity contribution >= 4 is 11.6 Å². The molecule has 0 unspecified atom stereocenters. The lowest BCUT2D eigenvalue weighted by Crippen LogP contribution is -2.37. The second-order valence-electron chi connectivity index (χ2n) is 4.53. The summed E-state index contributed by atoms with van der Waals surface area (Å²) in [4.78, 5) is 18.3. The molecule has 1 aromatic rings. The Bertz CT molecular complexity index is 459. The molecule has 2 heterocycles. The Balaban J connectivity index is 2.35. The zero-order valence-electron chi connectivity index (χ0n) is 12.0. The molecule has 0 aromatic carbocycles. The predicted octanol–water partition coefficient (Wildman–Crippen LogP) is 1.07. The molecular weight excluding hydrogens is 258 g/mol. The van der Waals surface area contributed by atoms with E-state index >= 15 is 0 Å². The molecule has 0 spiro atoms. The van der Waals surface area contributed by atoms with Crippen molar-refractivity contribution in [3.05, 3.63) is 18.0 Å². The van der Waals surface area contributed by atoms with Crippen LogP contribution in [0.25, 0.3) is 0 Å². The number of morpholine rings is 1. The van der Waals surface area contributed by atoms with Crippen LogP contribution in [0.3, 0.4) is 0 Å². The zero-order valence-corrected chi connectivity index (χ0v) is 12.0. The van der Waals surface area contributed by atoms with E-state index in [-0.39, 0.29) is 5.91 Å². The highest BCUT2D eigenvalue weighted by molar-refractivity contribution is 5.96. The van der Waals surface area contributed by atoms with E-state index in [1.54, 1.807) is 13.2 Å². The summed E-state index contributed by atoms with van der Waals surface area (Å²) >= 11 is 0. The molecule has 1 aliphatic rings. The summed E-state index contributed by atoms with van der Waals surface area (Å²) < 4.78 is 11.2. The van der Waals surface area contributed by atoms with Crippen LogP contribution in [0.5, 0.6) is 5.75 Å². The molecule has 1 aromatic heterocycles. The van der Waals surface area contributed by atoms with E-state index in [0.29, 0.717) is 31.3 Å². The normalized spacial score (nSPS) is 15.0. The number of carbonyl (C=O) groups is 1. The number of rotatable bonds is 5. The van der Waals surface area contributed by atoms with Crippen molar-refractivity contribution < 1.29 is 14.3 Å². The van der Waals surface area contributed by atoms with Gasteiger partial charge in [0, 0.05) is 26.3 Å². The first kappa shape index (κ1) is 14.6. The van der Waals surface area contributed by atoms with Crippen LogP contribution in [-0.2, 0) is 4.74 Å². The van der Waals surface area contributed by atoms with Gasteiger partial charge in [-0.25, -0.2) is 4.98 Å². The topological polar surface area (TPSA) is 63.7 Å². The minimum Gasteiger partial charge on any atom is -0.489 e. The van der Waals surface area contributed by atoms with Crippen molar-refractivity contribution in [3.63, 3.8) is 0 Å². The summed E-state index contributed by atoms with van der Waals surface area (Å²) in [6.07, 6.45) is 2.53. The molecule has 0 bridgehead atoms. The quantitative estimate of drug-likeness (QED) is 0.873. The van der Waals surface area contributed by atoms with Gasteiger partial charge in [0.05, 0.1) is 25.5 Å². The van der Waals surface area contributed by atoms with Crippen molar-refractivity contribution in [3.8, 4) is 5.75 Å². The molecule has 0 aliphatic carbocycles. The molecule has 6 heteroatoms. The summed E-state index contributed by atoms with van der Waals surface area (Å²) in [5.74, 6) is 0.335. The standard InChI is InChI=1S/C14H21N3O3/c1-3-8-20-13-11(17-6-9-19-10-7-17)4-5-16-12(13)14(18)15-2/h4-5H,3,6-10H2,1-2H3,(H,15,18). The van der Waals surface area contributed by atoms with Crippen LogP contribution in [0, 0.1) is 0 Å². The number of hydrogen-bond acceptors (Lipinski definition) is 5. The molecule has 0 atom stereocenters. The second-order valence-corrected chi connectivity index (χ2v) is 4.53. The maximum atomic E-state index is 11.9. The number of carbonyl (C=O) groups excluding carboxylic acids is 1. The highest BCUT2D eigenvalue weighted by atomic mass is 16.5. The van der Waals surface area contributed by atoms with Crippen LogP contribution in [0.1, 0.15) is 23.8 Å². The summed E-state index contributed by atoms with van der Waals surface area (Å²) in [5, 5.41) is 2.60. The third-order valence-electron chi connectivity index (χ3n) is 3.13. The molecule has 1 aliphatic heterocycles. The zero-order chi connectivity index (χ0) is 14.4. The van der Waals surface area contributed by atoms with Gasteiger partial charge in [-0.3, -0.25) is 4.79 Å². The van der Waals surface area contributed by atoms with Crippen molar-refractivity contribution in [2.24, 2.45) is 0 Å². The number of amides is 1. The van der Waals surface area contributed by atoms with Crippen molar-refractivity contribution in [2.45, 2.75) is 13.3 Å². The molecule has 1 fully saturated rings. The van der Waals surface area contributed by atoms with Crippen LogP contribution >= 0.6 is 0 Å². The van der Waals surface area contributed by atoms with Crippen LogP contribution in [0.4, 0.5) is 5.69 Å². The van der Waals surface area contributed by atoms with E-state index in [4.69, 9.17) is 9.47 Å². The van der Waals surface area contributed by atoms with Gasteiger partial charge >= 0.3 is 0 Å². The van der Waals surface area contributed by atoms with Crippen LogP contribution < -0.4 is 15.0 Å². The molecule has 1 N–H and O–H groups in total. The van der Waals surface area contributed by atoms with Gasteiger partial charge in [-0.05, 0) is 12.5 Å². The first-order valence-corrected chi connectivity index (χ1v) is 6.94. The SMILES string of the molecule is CCCOc1c(N2CCOCC2)ccnc1C(=O)NC. The molecule has 2 rings (SSSR count). The average molecular weight is 279 g/mol. The van der Waals surface area contributed by atoms with Crippen LogP contribution in [-0.4, -0.2) is 50.8 Å². The average Bonchev–Trinajstić information content (AvgIpc) is 2.52. The lowest BCUT2D eigenvalue weighted by atomic mass is 10.2. The summed E-state index contributed by atoms with van der Waals surface area (Å²) in [5.41, 5.74) is 1.25. The maximum absolute atomic E-state index is 11.9. The smallest absolute Gasteiger partial charge is 0.273 e. The largest absolute Gasteiger partial charge is 0.489 e. The first-order valence-electron chi connectivity index (χ1n) is 6.94. The fourth-order valence-electron chi connectivity index (χ4n) is 2.12. The lowest BCUT2D eigenvalue weighted by molar-refractivity contribution is 0.0953. The summed E-state index contributed by atoms with van der Waals surface area (Å²) in [6, 6.07) is 1.89. The van der Waals surface area contributed by atoms with Crippen molar-refractivity contribution in [1.82, 2.24) is 10.3 Å². The number of nitrogens with zero attached hydrogens (tertiary/aromatic N) is 2. The fourth-order valence-corrected chi connectivity index (χ4v) is 2.12. The monoisotopic (exact) mass is 279 g/mol. The molecule has 1 amide bonds. The fraction of sp³-hybridized carbons (Fsp3) is 0.571. The van der Waals surface area contributed by atoms with E-state index in [2.05, 4.69) is 15.2 Å². The Hall–Kier alpha value is -1.82. The maximum Gasteiger partial charge on any atom is 0.273 e. The van der Waals surface area contributed by atoms with E-state index < -0.39 is 0 Å². The van der Waals surface area contributed by atoms with E-state index in [0.717, 1.165) is 25.2 Å². The minimum absolute atomic E-state index is 0.230. The molecule has 0 radical (unpaired) electrons. The molecular formula is C14H21N3O3. The Morgan fingerprint density at radius 2 is 2.25 bits per heavy atom. The van der Waals surface area contributed by atoms with E-state index in [1.165, 1.54) is 0 Å². The first-order chi connectivity index (χ1) is 9.77. The van der Waals surface area contributed by atoms with Crippen LogP contribution in [0.15, 0.2) is 12.3 Å².